The Labute approximate surface area is 242 Å². The van der Waals surface area contributed by atoms with Crippen molar-refractivity contribution in [1.29, 1.82) is 0 Å². The molecule has 0 aliphatic heterocycles. The number of carbonyl (C=O) groups is 1. The van der Waals surface area contributed by atoms with E-state index in [0.717, 1.165) is 57.8 Å². The van der Waals surface area contributed by atoms with Crippen LogP contribution in [-0.2, 0) is 4.79 Å². The average Bonchev–Trinajstić information content (AvgIpc) is 2.98. The summed E-state index contributed by atoms with van der Waals surface area (Å²) in [5.41, 5.74) is 0.829. The molecule has 0 radical (unpaired) electrons. The van der Waals surface area contributed by atoms with Gasteiger partial charge in [0.25, 0.3) is 0 Å². The van der Waals surface area contributed by atoms with Gasteiger partial charge in [0.1, 0.15) is 0 Å². The zero-order valence-electron chi connectivity index (χ0n) is 24.5. The van der Waals surface area contributed by atoms with Crippen LogP contribution in [0.4, 0.5) is 17.6 Å². The summed E-state index contributed by atoms with van der Waals surface area (Å²) in [5, 5.41) is 0. The minimum atomic E-state index is -1.25. The fraction of sp³-hybridized carbons (Fsp3) is 0.618. The van der Waals surface area contributed by atoms with Crippen molar-refractivity contribution in [1.82, 2.24) is 0 Å². The number of unbranched alkanes of at least 4 members (excludes halogenated alkanes) is 5. The Balaban J connectivity index is 1.27. The van der Waals surface area contributed by atoms with Gasteiger partial charge in [-0.1, -0.05) is 70.9 Å². The van der Waals surface area contributed by atoms with Gasteiger partial charge in [0, 0.05) is 0 Å². The summed E-state index contributed by atoms with van der Waals surface area (Å²) in [4.78, 5) is 12.8. The fourth-order valence-electron chi connectivity index (χ4n) is 6.38. The van der Waals surface area contributed by atoms with Crippen LogP contribution >= 0.6 is 0 Å². The van der Waals surface area contributed by atoms with Crippen LogP contribution in [0.15, 0.2) is 24.3 Å². The van der Waals surface area contributed by atoms with Crippen LogP contribution < -0.4 is 9.47 Å². The van der Waals surface area contributed by atoms with Gasteiger partial charge in [0.2, 0.25) is 11.6 Å². The van der Waals surface area contributed by atoms with Gasteiger partial charge in [-0.3, -0.25) is 4.79 Å². The Morgan fingerprint density at radius 1 is 0.683 bits per heavy atom. The van der Waals surface area contributed by atoms with Gasteiger partial charge in [-0.2, -0.15) is 8.78 Å². The molecule has 4 rings (SSSR count). The van der Waals surface area contributed by atoms with E-state index in [1.165, 1.54) is 18.6 Å². The molecule has 0 unspecified atom stereocenters. The first-order valence-corrected chi connectivity index (χ1v) is 15.6. The number of hydrogen-bond donors (Lipinski definition) is 0. The van der Waals surface area contributed by atoms with Crippen molar-refractivity contribution >= 4 is 5.97 Å². The highest BCUT2D eigenvalue weighted by molar-refractivity contribution is 5.75. The first-order chi connectivity index (χ1) is 19.8. The van der Waals surface area contributed by atoms with Crippen molar-refractivity contribution in [2.75, 3.05) is 6.61 Å². The van der Waals surface area contributed by atoms with Crippen LogP contribution in [0.25, 0.3) is 0 Å². The van der Waals surface area contributed by atoms with Crippen molar-refractivity contribution in [2.45, 2.75) is 116 Å². The monoisotopic (exact) mass is 576 g/mol. The van der Waals surface area contributed by atoms with Crippen molar-refractivity contribution in [3.8, 4) is 11.5 Å². The fourth-order valence-corrected chi connectivity index (χ4v) is 6.38. The van der Waals surface area contributed by atoms with Gasteiger partial charge in [0.15, 0.2) is 23.1 Å². The Hall–Kier alpha value is -2.57. The maximum Gasteiger partial charge on any atom is 0.314 e. The maximum atomic E-state index is 15.1. The topological polar surface area (TPSA) is 35.5 Å². The van der Waals surface area contributed by atoms with E-state index in [0.29, 0.717) is 42.7 Å². The first-order valence-electron chi connectivity index (χ1n) is 15.6. The van der Waals surface area contributed by atoms with E-state index >= 15 is 8.78 Å². The number of esters is 1. The quantitative estimate of drug-likeness (QED) is 0.109. The van der Waals surface area contributed by atoms with Crippen molar-refractivity contribution < 1.29 is 31.8 Å². The zero-order valence-corrected chi connectivity index (χ0v) is 24.5. The molecular weight excluding hydrogens is 532 g/mol. The number of ether oxygens (including phenoxy) is 2. The SMILES string of the molecule is CCCCCCCCOc1ccc(OC(=O)C2CCC(c3ccc(C4CCC(C)CC4)c(F)c3F)CC2)c(F)c1F. The van der Waals surface area contributed by atoms with Crippen LogP contribution in [0.1, 0.15) is 127 Å². The van der Waals surface area contributed by atoms with Crippen LogP contribution in [-0.4, -0.2) is 12.6 Å². The molecule has 0 saturated heterocycles. The number of hydrogen-bond acceptors (Lipinski definition) is 3. The van der Waals surface area contributed by atoms with E-state index in [9.17, 15) is 13.6 Å². The minimum Gasteiger partial charge on any atom is -0.490 e. The van der Waals surface area contributed by atoms with Crippen molar-refractivity contribution in [3.63, 3.8) is 0 Å². The lowest BCUT2D eigenvalue weighted by Crippen LogP contribution is -2.26. The van der Waals surface area contributed by atoms with Gasteiger partial charge in [-0.05, 0) is 86.0 Å². The lowest BCUT2D eigenvalue weighted by atomic mass is 9.76. The highest BCUT2D eigenvalue weighted by atomic mass is 19.2. The first kappa shape index (κ1) is 31.4. The molecule has 2 aliphatic carbocycles. The summed E-state index contributed by atoms with van der Waals surface area (Å²) >= 11 is 0. The Bertz CT molecular complexity index is 1150. The summed E-state index contributed by atoms with van der Waals surface area (Å²) in [6.45, 7) is 4.63. The third kappa shape index (κ3) is 8.04. The van der Waals surface area contributed by atoms with Gasteiger partial charge in [-0.25, -0.2) is 8.78 Å². The average molecular weight is 577 g/mol. The maximum absolute atomic E-state index is 15.1. The van der Waals surface area contributed by atoms with E-state index in [4.69, 9.17) is 9.47 Å². The molecule has 226 valence electrons. The Morgan fingerprint density at radius 3 is 1.80 bits per heavy atom. The molecule has 0 heterocycles. The number of rotatable bonds is 12. The second-order valence-electron chi connectivity index (χ2n) is 12.1. The normalized spacial score (nSPS) is 22.9. The molecule has 41 heavy (non-hydrogen) atoms. The molecule has 0 N–H and O–H groups in total. The van der Waals surface area contributed by atoms with Crippen LogP contribution in [0, 0.1) is 35.1 Å². The molecule has 7 heteroatoms. The summed E-state index contributed by atoms with van der Waals surface area (Å²) in [7, 11) is 0. The third-order valence-electron chi connectivity index (χ3n) is 9.08. The second kappa shape index (κ2) is 15.1. The standard InChI is InChI=1S/C34H44F4O3/c1-3-4-5-6-7-8-21-40-28-19-20-29(33(38)32(28)37)41-34(39)25-15-13-24(14-16-25)27-18-17-26(30(35)31(27)36)23-11-9-22(2)10-12-23/h17-20,22-25H,3-16,21H2,1-2H3. The highest BCUT2D eigenvalue weighted by Crippen LogP contribution is 2.42. The summed E-state index contributed by atoms with van der Waals surface area (Å²) in [6.07, 6.45) is 11.9. The van der Waals surface area contributed by atoms with E-state index < -0.39 is 40.9 Å². The highest BCUT2D eigenvalue weighted by Gasteiger charge is 2.32. The minimum absolute atomic E-state index is 0.0615. The number of benzene rings is 2. The van der Waals surface area contributed by atoms with Crippen LogP contribution in [0.5, 0.6) is 11.5 Å². The molecule has 0 amide bonds. The molecule has 0 atom stereocenters. The molecule has 0 spiro atoms. The van der Waals surface area contributed by atoms with E-state index in [2.05, 4.69) is 13.8 Å². The van der Waals surface area contributed by atoms with E-state index in [1.807, 2.05) is 0 Å². The predicted molar refractivity (Wildman–Crippen MR) is 152 cm³/mol. The zero-order chi connectivity index (χ0) is 29.4. The summed E-state index contributed by atoms with van der Waals surface area (Å²) in [5.74, 6) is -5.28. The smallest absolute Gasteiger partial charge is 0.314 e. The van der Waals surface area contributed by atoms with Crippen LogP contribution in [0.2, 0.25) is 0 Å². The van der Waals surface area contributed by atoms with Crippen molar-refractivity contribution in [2.24, 2.45) is 11.8 Å². The molecule has 2 aromatic rings. The molecule has 2 aliphatic rings. The molecule has 3 nitrogen and oxygen atoms in total. The van der Waals surface area contributed by atoms with Crippen molar-refractivity contribution in [3.05, 3.63) is 58.7 Å². The molecule has 2 saturated carbocycles. The number of halogens is 4. The van der Waals surface area contributed by atoms with E-state index in [-0.39, 0.29) is 24.2 Å². The van der Waals surface area contributed by atoms with Gasteiger partial charge < -0.3 is 9.47 Å². The molecule has 0 aromatic heterocycles. The lowest BCUT2D eigenvalue weighted by molar-refractivity contribution is -0.140. The second-order valence-corrected chi connectivity index (χ2v) is 12.1. The third-order valence-corrected chi connectivity index (χ3v) is 9.08. The molecular formula is C34H44F4O3. The predicted octanol–water partition coefficient (Wildman–Crippen LogP) is 10.2. The van der Waals surface area contributed by atoms with Gasteiger partial charge in [-0.15, -0.1) is 0 Å². The number of carbonyl (C=O) groups excluding carboxylic acids is 1. The van der Waals surface area contributed by atoms with Gasteiger partial charge in [0.05, 0.1) is 12.5 Å². The Morgan fingerprint density at radius 2 is 1.20 bits per heavy atom. The summed E-state index contributed by atoms with van der Waals surface area (Å²) < 4.78 is 70.0. The largest absolute Gasteiger partial charge is 0.490 e. The molecule has 0 bridgehead atoms. The lowest BCUT2D eigenvalue weighted by Gasteiger charge is -2.29. The Kier molecular flexibility index (Phi) is 11.5. The van der Waals surface area contributed by atoms with Crippen LogP contribution in [0.3, 0.4) is 0 Å². The molecule has 2 aromatic carbocycles. The summed E-state index contributed by atoms with van der Waals surface area (Å²) in [6, 6.07) is 5.95. The van der Waals surface area contributed by atoms with E-state index in [1.54, 1.807) is 12.1 Å². The van der Waals surface area contributed by atoms with Gasteiger partial charge >= 0.3 is 5.97 Å². The molecule has 2 fully saturated rings.